The molecule has 0 aromatic heterocycles. The van der Waals surface area contributed by atoms with Crippen LogP contribution >= 0.6 is 0 Å². The van der Waals surface area contributed by atoms with Crippen LogP contribution in [0, 0.1) is 6.92 Å². The molecule has 4 heteroatoms. The van der Waals surface area contributed by atoms with Crippen molar-refractivity contribution < 1.29 is 14.3 Å². The number of nitrogens with zero attached hydrogens (tertiary/aromatic N) is 1. The van der Waals surface area contributed by atoms with Crippen LogP contribution in [-0.2, 0) is 9.53 Å². The number of ether oxygens (including phenoxy) is 1. The lowest BCUT2D eigenvalue weighted by molar-refractivity contribution is -0.125. The average molecular weight is 219 g/mol. The van der Waals surface area contributed by atoms with Gasteiger partial charge in [0.2, 0.25) is 0 Å². The highest BCUT2D eigenvalue weighted by Crippen LogP contribution is 2.22. The van der Waals surface area contributed by atoms with Gasteiger partial charge in [0, 0.05) is 17.8 Å². The maximum atomic E-state index is 11.6. The molecule has 1 heterocycles. The molecule has 1 fully saturated rings. The van der Waals surface area contributed by atoms with Crippen LogP contribution in [0.3, 0.4) is 0 Å². The van der Waals surface area contributed by atoms with Crippen molar-refractivity contribution in [3.63, 3.8) is 0 Å². The van der Waals surface area contributed by atoms with Gasteiger partial charge in [-0.05, 0) is 30.7 Å². The normalized spacial score (nSPS) is 16.3. The van der Waals surface area contributed by atoms with Gasteiger partial charge in [-0.3, -0.25) is 9.59 Å². The molecule has 16 heavy (non-hydrogen) atoms. The molecule has 0 aliphatic carbocycles. The quantitative estimate of drug-likeness (QED) is 0.701. The number of hydrogen-bond donors (Lipinski definition) is 0. The van der Waals surface area contributed by atoms with E-state index >= 15 is 0 Å². The number of amides is 1. The van der Waals surface area contributed by atoms with Crippen LogP contribution in [0.1, 0.15) is 15.9 Å². The number of rotatable bonds is 2. The minimum Gasteiger partial charge on any atom is -0.370 e. The number of hydrogen-bond acceptors (Lipinski definition) is 3. The van der Waals surface area contributed by atoms with Gasteiger partial charge in [-0.1, -0.05) is 0 Å². The summed E-state index contributed by atoms with van der Waals surface area (Å²) in [5.41, 5.74) is 2.42. The first-order chi connectivity index (χ1) is 7.72. The second-order valence-electron chi connectivity index (χ2n) is 3.76. The number of aldehydes is 1. The molecule has 0 unspecified atom stereocenters. The standard InChI is InChI=1S/C12H13NO3/c1-9-6-10(7-14)2-3-11(9)13-4-5-16-8-12(13)15/h2-3,6-7H,4-5,8H2,1H3. The van der Waals surface area contributed by atoms with Gasteiger partial charge >= 0.3 is 0 Å². The third-order valence-electron chi connectivity index (χ3n) is 2.63. The van der Waals surface area contributed by atoms with E-state index in [1.807, 2.05) is 13.0 Å². The first-order valence-corrected chi connectivity index (χ1v) is 5.16. The van der Waals surface area contributed by atoms with Gasteiger partial charge in [0.25, 0.3) is 5.91 Å². The first kappa shape index (κ1) is 10.8. The monoisotopic (exact) mass is 219 g/mol. The van der Waals surface area contributed by atoms with Crippen molar-refractivity contribution >= 4 is 17.9 Å². The molecular formula is C12H13NO3. The summed E-state index contributed by atoms with van der Waals surface area (Å²) in [6, 6.07) is 5.31. The zero-order chi connectivity index (χ0) is 11.5. The van der Waals surface area contributed by atoms with Crippen molar-refractivity contribution in [2.24, 2.45) is 0 Å². The van der Waals surface area contributed by atoms with Crippen LogP contribution in [0.5, 0.6) is 0 Å². The fourth-order valence-corrected chi connectivity index (χ4v) is 1.83. The Morgan fingerprint density at radius 2 is 2.25 bits per heavy atom. The van der Waals surface area contributed by atoms with Crippen molar-refractivity contribution in [1.29, 1.82) is 0 Å². The highest BCUT2D eigenvalue weighted by Gasteiger charge is 2.21. The van der Waals surface area contributed by atoms with Gasteiger partial charge in [-0.15, -0.1) is 0 Å². The molecule has 0 N–H and O–H groups in total. The van der Waals surface area contributed by atoms with Gasteiger partial charge in [0.1, 0.15) is 12.9 Å². The van der Waals surface area contributed by atoms with E-state index in [9.17, 15) is 9.59 Å². The molecule has 0 atom stereocenters. The maximum Gasteiger partial charge on any atom is 0.253 e. The summed E-state index contributed by atoms with van der Waals surface area (Å²) in [4.78, 5) is 23.9. The Bertz CT molecular complexity index is 428. The van der Waals surface area contributed by atoms with Crippen molar-refractivity contribution in [3.05, 3.63) is 29.3 Å². The molecule has 4 nitrogen and oxygen atoms in total. The fourth-order valence-electron chi connectivity index (χ4n) is 1.83. The van der Waals surface area contributed by atoms with E-state index in [1.165, 1.54) is 0 Å². The molecular weight excluding hydrogens is 206 g/mol. The van der Waals surface area contributed by atoms with Crippen molar-refractivity contribution in [1.82, 2.24) is 0 Å². The average Bonchev–Trinajstić information content (AvgIpc) is 2.30. The molecule has 0 bridgehead atoms. The number of aryl methyl sites for hydroxylation is 1. The van der Waals surface area contributed by atoms with Crippen LogP contribution in [0.2, 0.25) is 0 Å². The van der Waals surface area contributed by atoms with E-state index in [0.29, 0.717) is 18.7 Å². The SMILES string of the molecule is Cc1cc(C=O)ccc1N1CCOCC1=O. The lowest BCUT2D eigenvalue weighted by Gasteiger charge is -2.28. The fraction of sp³-hybridized carbons (Fsp3) is 0.333. The second kappa shape index (κ2) is 4.45. The molecule has 0 saturated carbocycles. The molecule has 0 spiro atoms. The maximum absolute atomic E-state index is 11.6. The molecule has 1 aliphatic rings. The van der Waals surface area contributed by atoms with Crippen LogP contribution in [0.4, 0.5) is 5.69 Å². The van der Waals surface area contributed by atoms with Crippen LogP contribution < -0.4 is 4.90 Å². The Labute approximate surface area is 93.8 Å². The lowest BCUT2D eigenvalue weighted by Crippen LogP contribution is -2.42. The minimum atomic E-state index is -0.0341. The predicted molar refractivity (Wildman–Crippen MR) is 59.7 cm³/mol. The van der Waals surface area contributed by atoms with E-state index in [1.54, 1.807) is 17.0 Å². The number of morpholine rings is 1. The van der Waals surface area contributed by atoms with E-state index in [4.69, 9.17) is 4.74 Å². The Morgan fingerprint density at radius 3 is 2.88 bits per heavy atom. The molecule has 0 radical (unpaired) electrons. The molecule has 1 saturated heterocycles. The summed E-state index contributed by atoms with van der Waals surface area (Å²) < 4.78 is 5.07. The van der Waals surface area contributed by atoms with Crippen molar-refractivity contribution in [2.75, 3.05) is 24.7 Å². The third-order valence-corrected chi connectivity index (χ3v) is 2.63. The van der Waals surface area contributed by atoms with Gasteiger partial charge < -0.3 is 9.64 Å². The van der Waals surface area contributed by atoms with Crippen molar-refractivity contribution in [2.45, 2.75) is 6.92 Å². The van der Waals surface area contributed by atoms with E-state index in [2.05, 4.69) is 0 Å². The van der Waals surface area contributed by atoms with Gasteiger partial charge in [0.15, 0.2) is 0 Å². The smallest absolute Gasteiger partial charge is 0.253 e. The molecule has 1 aliphatic heterocycles. The second-order valence-corrected chi connectivity index (χ2v) is 3.76. The van der Waals surface area contributed by atoms with Gasteiger partial charge in [-0.2, -0.15) is 0 Å². The van der Waals surface area contributed by atoms with Gasteiger partial charge in [-0.25, -0.2) is 0 Å². The Hall–Kier alpha value is -1.68. The highest BCUT2D eigenvalue weighted by atomic mass is 16.5. The topological polar surface area (TPSA) is 46.6 Å². The van der Waals surface area contributed by atoms with Crippen LogP contribution in [0.25, 0.3) is 0 Å². The van der Waals surface area contributed by atoms with Crippen molar-refractivity contribution in [3.8, 4) is 0 Å². The first-order valence-electron chi connectivity index (χ1n) is 5.16. The largest absolute Gasteiger partial charge is 0.370 e. The van der Waals surface area contributed by atoms with E-state index in [0.717, 1.165) is 17.5 Å². The molecule has 1 amide bonds. The highest BCUT2D eigenvalue weighted by molar-refractivity contribution is 5.96. The Balaban J connectivity index is 2.32. The van der Waals surface area contributed by atoms with Crippen LogP contribution in [-0.4, -0.2) is 32.0 Å². The summed E-state index contributed by atoms with van der Waals surface area (Å²) >= 11 is 0. The summed E-state index contributed by atoms with van der Waals surface area (Å²) in [6.07, 6.45) is 0.803. The molecule has 1 aromatic rings. The zero-order valence-electron chi connectivity index (χ0n) is 9.10. The number of carbonyl (C=O) groups is 2. The number of anilines is 1. The summed E-state index contributed by atoms with van der Waals surface area (Å²) in [7, 11) is 0. The van der Waals surface area contributed by atoms with Gasteiger partial charge in [0.05, 0.1) is 6.61 Å². The number of carbonyl (C=O) groups excluding carboxylic acids is 2. The molecule has 2 rings (SSSR count). The Kier molecular flexibility index (Phi) is 3.01. The van der Waals surface area contributed by atoms with E-state index < -0.39 is 0 Å². The van der Waals surface area contributed by atoms with Crippen LogP contribution in [0.15, 0.2) is 18.2 Å². The zero-order valence-corrected chi connectivity index (χ0v) is 9.10. The molecule has 84 valence electrons. The third kappa shape index (κ3) is 1.97. The minimum absolute atomic E-state index is 0.0341. The summed E-state index contributed by atoms with van der Waals surface area (Å²) in [6.45, 7) is 3.15. The summed E-state index contributed by atoms with van der Waals surface area (Å²) in [5.74, 6) is -0.0341. The number of benzene rings is 1. The lowest BCUT2D eigenvalue weighted by atomic mass is 10.1. The summed E-state index contributed by atoms with van der Waals surface area (Å²) in [5, 5.41) is 0. The predicted octanol–water partition coefficient (Wildman–Crippen LogP) is 1.17. The van der Waals surface area contributed by atoms with E-state index in [-0.39, 0.29) is 12.5 Å². The molecule has 1 aromatic carbocycles. The Morgan fingerprint density at radius 1 is 1.44 bits per heavy atom.